The Hall–Kier alpha value is -1.55. The van der Waals surface area contributed by atoms with E-state index >= 15 is 0 Å². The predicted octanol–water partition coefficient (Wildman–Crippen LogP) is 1.78. The van der Waals surface area contributed by atoms with Crippen molar-refractivity contribution in [1.82, 2.24) is 4.90 Å². The van der Waals surface area contributed by atoms with Gasteiger partial charge in [0.15, 0.2) is 0 Å². The summed E-state index contributed by atoms with van der Waals surface area (Å²) in [6.07, 6.45) is 1.53. The van der Waals surface area contributed by atoms with E-state index in [4.69, 9.17) is 4.74 Å². The molecule has 1 heterocycles. The van der Waals surface area contributed by atoms with Crippen LogP contribution in [-0.2, 0) is 16.1 Å². The second kappa shape index (κ2) is 5.87. The monoisotopic (exact) mass is 249 g/mol. The third-order valence-corrected chi connectivity index (χ3v) is 3.24. The van der Waals surface area contributed by atoms with Crippen molar-refractivity contribution in [3.8, 4) is 5.75 Å². The molecule has 1 saturated heterocycles. The van der Waals surface area contributed by atoms with Crippen LogP contribution < -0.4 is 0 Å². The lowest BCUT2D eigenvalue weighted by molar-refractivity contribution is -0.131. The topological polar surface area (TPSA) is 49.8 Å². The van der Waals surface area contributed by atoms with Crippen LogP contribution in [0.5, 0.6) is 5.75 Å². The maximum absolute atomic E-state index is 12.0. The van der Waals surface area contributed by atoms with E-state index in [-0.39, 0.29) is 11.7 Å². The van der Waals surface area contributed by atoms with Gasteiger partial charge < -0.3 is 14.7 Å². The maximum atomic E-state index is 12.0. The van der Waals surface area contributed by atoms with Crippen LogP contribution in [0.2, 0.25) is 0 Å². The fourth-order valence-corrected chi connectivity index (χ4v) is 2.16. The highest BCUT2D eigenvalue weighted by molar-refractivity contribution is 5.76. The van der Waals surface area contributed by atoms with Crippen LogP contribution in [0.4, 0.5) is 0 Å². The molecule has 4 heteroatoms. The summed E-state index contributed by atoms with van der Waals surface area (Å²) >= 11 is 0. The summed E-state index contributed by atoms with van der Waals surface area (Å²) in [4.78, 5) is 13.7. The molecule has 1 N–H and O–H groups in total. The van der Waals surface area contributed by atoms with Crippen molar-refractivity contribution in [3.05, 3.63) is 29.8 Å². The average Bonchev–Trinajstić information content (AvgIpc) is 2.81. The number of phenolic OH excluding ortho intramolecular Hbond substituents is 1. The van der Waals surface area contributed by atoms with Crippen LogP contribution in [0.1, 0.15) is 18.4 Å². The fraction of sp³-hybridized carbons (Fsp3) is 0.500. The molecule has 1 aromatic rings. The van der Waals surface area contributed by atoms with Crippen molar-refractivity contribution in [1.29, 1.82) is 0 Å². The van der Waals surface area contributed by atoms with Gasteiger partial charge in [0, 0.05) is 33.2 Å². The van der Waals surface area contributed by atoms with E-state index in [9.17, 15) is 9.90 Å². The molecule has 1 fully saturated rings. The normalized spacial score (nSPS) is 18.8. The van der Waals surface area contributed by atoms with E-state index in [1.54, 1.807) is 30.1 Å². The molecule has 1 aliphatic heterocycles. The first-order chi connectivity index (χ1) is 8.65. The molecule has 0 aliphatic carbocycles. The molecule has 0 spiro atoms. The van der Waals surface area contributed by atoms with Crippen LogP contribution in [0, 0.1) is 5.92 Å². The third-order valence-electron chi connectivity index (χ3n) is 3.24. The predicted molar refractivity (Wildman–Crippen MR) is 68.1 cm³/mol. The molecule has 1 amide bonds. The highest BCUT2D eigenvalue weighted by atomic mass is 16.5. The van der Waals surface area contributed by atoms with E-state index in [1.165, 1.54) is 0 Å². The van der Waals surface area contributed by atoms with E-state index in [2.05, 4.69) is 0 Å². The van der Waals surface area contributed by atoms with Gasteiger partial charge in [-0.25, -0.2) is 0 Å². The Morgan fingerprint density at radius 1 is 1.56 bits per heavy atom. The van der Waals surface area contributed by atoms with Gasteiger partial charge in [-0.15, -0.1) is 0 Å². The van der Waals surface area contributed by atoms with Crippen LogP contribution in [0.3, 0.4) is 0 Å². The lowest BCUT2D eigenvalue weighted by Crippen LogP contribution is -2.28. The van der Waals surface area contributed by atoms with E-state index in [0.717, 1.165) is 18.6 Å². The van der Waals surface area contributed by atoms with Crippen molar-refractivity contribution >= 4 is 5.91 Å². The molecular formula is C14H19NO3. The number of amides is 1. The highest BCUT2D eigenvalue weighted by Gasteiger charge is 2.21. The smallest absolute Gasteiger partial charge is 0.222 e. The Balaban J connectivity index is 1.86. The largest absolute Gasteiger partial charge is 0.508 e. The second-order valence-corrected chi connectivity index (χ2v) is 4.85. The standard InChI is InChI=1S/C14H19NO3/c1-15(9-11-3-2-4-13(16)7-11)14(17)8-12-5-6-18-10-12/h2-4,7,12,16H,5-6,8-10H2,1H3/t12-/m0/s1. The minimum atomic E-state index is 0.133. The first-order valence-electron chi connectivity index (χ1n) is 6.25. The van der Waals surface area contributed by atoms with Gasteiger partial charge in [0.1, 0.15) is 5.75 Å². The van der Waals surface area contributed by atoms with Gasteiger partial charge in [-0.2, -0.15) is 0 Å². The molecule has 2 rings (SSSR count). The number of carbonyl (C=O) groups excluding carboxylic acids is 1. The Kier molecular flexibility index (Phi) is 4.20. The van der Waals surface area contributed by atoms with Gasteiger partial charge in [-0.05, 0) is 30.0 Å². The molecule has 0 aromatic heterocycles. The van der Waals surface area contributed by atoms with Crippen LogP contribution in [-0.4, -0.2) is 36.2 Å². The van der Waals surface area contributed by atoms with Crippen LogP contribution in [0.15, 0.2) is 24.3 Å². The van der Waals surface area contributed by atoms with Gasteiger partial charge in [-0.3, -0.25) is 4.79 Å². The molecule has 18 heavy (non-hydrogen) atoms. The molecule has 0 bridgehead atoms. The van der Waals surface area contributed by atoms with Gasteiger partial charge in [0.05, 0.1) is 0 Å². The summed E-state index contributed by atoms with van der Waals surface area (Å²) in [5.74, 6) is 0.732. The highest BCUT2D eigenvalue weighted by Crippen LogP contribution is 2.18. The SMILES string of the molecule is CN(Cc1cccc(O)c1)C(=O)C[C@@H]1CCOC1. The number of carbonyl (C=O) groups is 1. The van der Waals surface area contributed by atoms with Crippen molar-refractivity contribution < 1.29 is 14.6 Å². The maximum Gasteiger partial charge on any atom is 0.222 e. The molecule has 4 nitrogen and oxygen atoms in total. The molecule has 0 unspecified atom stereocenters. The first-order valence-corrected chi connectivity index (χ1v) is 6.25. The van der Waals surface area contributed by atoms with Gasteiger partial charge in [0.2, 0.25) is 5.91 Å². The van der Waals surface area contributed by atoms with Gasteiger partial charge in [-0.1, -0.05) is 12.1 Å². The molecule has 0 radical (unpaired) electrons. The summed E-state index contributed by atoms with van der Waals surface area (Å²) in [5, 5.41) is 9.37. The number of ether oxygens (including phenoxy) is 1. The van der Waals surface area contributed by atoms with Crippen molar-refractivity contribution in [2.75, 3.05) is 20.3 Å². The first kappa shape index (κ1) is 12.9. The average molecular weight is 249 g/mol. The fourth-order valence-electron chi connectivity index (χ4n) is 2.16. The second-order valence-electron chi connectivity index (χ2n) is 4.85. The molecule has 0 saturated carbocycles. The number of hydrogen-bond donors (Lipinski definition) is 1. The van der Waals surface area contributed by atoms with E-state index in [0.29, 0.717) is 25.5 Å². The summed E-state index contributed by atoms with van der Waals surface area (Å²) < 4.78 is 5.27. The molecule has 1 aliphatic rings. The summed E-state index contributed by atoms with van der Waals surface area (Å²) in [7, 11) is 1.79. The van der Waals surface area contributed by atoms with E-state index < -0.39 is 0 Å². The quantitative estimate of drug-likeness (QED) is 0.885. The molecule has 1 aromatic carbocycles. The minimum Gasteiger partial charge on any atom is -0.508 e. The molecule has 98 valence electrons. The summed E-state index contributed by atoms with van der Waals surface area (Å²) in [6.45, 7) is 2.00. The lowest BCUT2D eigenvalue weighted by atomic mass is 10.0. The molecular weight excluding hydrogens is 230 g/mol. The van der Waals surface area contributed by atoms with Crippen molar-refractivity contribution in [3.63, 3.8) is 0 Å². The number of rotatable bonds is 4. The third kappa shape index (κ3) is 3.47. The van der Waals surface area contributed by atoms with Crippen LogP contribution >= 0.6 is 0 Å². The number of aromatic hydroxyl groups is 1. The van der Waals surface area contributed by atoms with E-state index in [1.807, 2.05) is 6.07 Å². The Labute approximate surface area is 107 Å². The van der Waals surface area contributed by atoms with Gasteiger partial charge >= 0.3 is 0 Å². The Morgan fingerprint density at radius 3 is 3.06 bits per heavy atom. The zero-order valence-corrected chi connectivity index (χ0v) is 10.6. The number of nitrogens with zero attached hydrogens (tertiary/aromatic N) is 1. The number of hydrogen-bond acceptors (Lipinski definition) is 3. The zero-order chi connectivity index (χ0) is 13.0. The zero-order valence-electron chi connectivity index (χ0n) is 10.6. The lowest BCUT2D eigenvalue weighted by Gasteiger charge is -2.19. The summed E-state index contributed by atoms with van der Waals surface area (Å²) in [6, 6.07) is 7.00. The Bertz CT molecular complexity index is 413. The Morgan fingerprint density at radius 2 is 2.39 bits per heavy atom. The minimum absolute atomic E-state index is 0.133. The van der Waals surface area contributed by atoms with Gasteiger partial charge in [0.25, 0.3) is 0 Å². The molecule has 1 atom stereocenters. The number of phenols is 1. The van der Waals surface area contributed by atoms with Crippen molar-refractivity contribution in [2.24, 2.45) is 5.92 Å². The van der Waals surface area contributed by atoms with Crippen molar-refractivity contribution in [2.45, 2.75) is 19.4 Å². The summed E-state index contributed by atoms with van der Waals surface area (Å²) in [5.41, 5.74) is 0.938. The van der Waals surface area contributed by atoms with Crippen LogP contribution in [0.25, 0.3) is 0 Å². The number of benzene rings is 1.